The van der Waals surface area contributed by atoms with E-state index in [4.69, 9.17) is 15.5 Å². The van der Waals surface area contributed by atoms with E-state index in [0.29, 0.717) is 58.3 Å². The summed E-state index contributed by atoms with van der Waals surface area (Å²) in [4.78, 5) is 22.6. The maximum Gasteiger partial charge on any atom is 0.247 e. The van der Waals surface area contributed by atoms with Gasteiger partial charge in [0.2, 0.25) is 5.91 Å². The minimum Gasteiger partial charge on any atom is -0.507 e. The molecule has 11 heteroatoms. The lowest BCUT2D eigenvalue weighted by Crippen LogP contribution is -2.43. The summed E-state index contributed by atoms with van der Waals surface area (Å²) in [7, 11) is 1.81. The Morgan fingerprint density at radius 3 is 2.43 bits per heavy atom. The Bertz CT molecular complexity index is 1870. The monoisotopic (exact) mass is 746 g/mol. The first-order valence-corrected chi connectivity index (χ1v) is 20.2. The van der Waals surface area contributed by atoms with Gasteiger partial charge in [0, 0.05) is 48.8 Å². The highest BCUT2D eigenvalue weighted by Gasteiger charge is 2.34. The van der Waals surface area contributed by atoms with Crippen LogP contribution in [0, 0.1) is 35.9 Å². The normalized spacial score (nSPS) is 20.1. The largest absolute Gasteiger partial charge is 0.507 e. The molecule has 9 nitrogen and oxygen atoms in total. The Kier molecular flexibility index (Phi) is 14.7. The Morgan fingerprint density at radius 2 is 1.81 bits per heavy atom. The topological polar surface area (TPSA) is 127 Å². The summed E-state index contributed by atoms with van der Waals surface area (Å²) >= 11 is 1.03. The summed E-state index contributed by atoms with van der Waals surface area (Å²) in [6.07, 6.45) is 8.17. The summed E-state index contributed by atoms with van der Waals surface area (Å²) in [5.41, 5.74) is 10.2. The van der Waals surface area contributed by atoms with E-state index in [0.717, 1.165) is 60.6 Å². The fourth-order valence-electron chi connectivity index (χ4n) is 7.10. The number of likely N-dealkylation sites (tertiary alicyclic amines) is 2. The van der Waals surface area contributed by atoms with Crippen LogP contribution >= 0.6 is 11.3 Å². The molecule has 3 aliphatic heterocycles. The van der Waals surface area contributed by atoms with Gasteiger partial charge in [-0.25, -0.2) is 4.39 Å². The average molecular weight is 747 g/mol. The third-order valence-electron chi connectivity index (χ3n) is 10.5. The van der Waals surface area contributed by atoms with E-state index in [-0.39, 0.29) is 40.1 Å². The highest BCUT2D eigenvalue weighted by atomic mass is 32.1. The number of unbranched alkanes of at least 4 members (excludes halogenated alkanes) is 2. The summed E-state index contributed by atoms with van der Waals surface area (Å²) in [6, 6.07) is 4.52. The number of phenols is 1. The predicted molar refractivity (Wildman–Crippen MR) is 216 cm³/mol. The van der Waals surface area contributed by atoms with Gasteiger partial charge in [-0.2, -0.15) is 5.26 Å². The minimum atomic E-state index is -0.567. The summed E-state index contributed by atoms with van der Waals surface area (Å²) in [6.45, 7) is 19.9. The Morgan fingerprint density at radius 1 is 1.15 bits per heavy atom. The van der Waals surface area contributed by atoms with Crippen molar-refractivity contribution >= 4 is 38.2 Å². The molecule has 3 aliphatic rings. The van der Waals surface area contributed by atoms with Crippen molar-refractivity contribution in [2.45, 2.75) is 113 Å². The zero-order valence-electron chi connectivity index (χ0n) is 33.2. The van der Waals surface area contributed by atoms with Crippen LogP contribution in [0.2, 0.25) is 0 Å². The minimum absolute atomic E-state index is 0.00471. The molecular formula is C42H59FN6O3S. The molecule has 2 aromatic carbocycles. The lowest BCUT2D eigenvalue weighted by Gasteiger charge is -2.30. The van der Waals surface area contributed by atoms with Crippen LogP contribution in [0.4, 0.5) is 9.39 Å². The lowest BCUT2D eigenvalue weighted by molar-refractivity contribution is -0.133. The van der Waals surface area contributed by atoms with Gasteiger partial charge in [0.05, 0.1) is 23.5 Å². The molecule has 0 saturated carbocycles. The van der Waals surface area contributed by atoms with E-state index in [1.807, 2.05) is 27.8 Å². The van der Waals surface area contributed by atoms with Crippen LogP contribution in [0.3, 0.4) is 0 Å². The smallest absolute Gasteiger partial charge is 0.247 e. The standard InChI is InChI=1S/C36H43FN6O3S.C4H10.C2H6/c1-6-7-10-28(43-15-19(2)20(3)16-43)41-35(40-27-9-8-13-42(5)36(27)45)29-21(4)32(44)30(25-18-46-17-24(25)29)22-11-12-26(37)33-31(22)23(14-38)34(39)47-33;1-3-4-2;1-2/h10-12,19-20,27,44H,6-9,13,15-18,39H2,1-5H3,(H,40,41);3-4H2,1-2H3;1-2H3/b28-10-;;. The zero-order valence-corrected chi connectivity index (χ0v) is 34.0. The zero-order chi connectivity index (χ0) is 39.0. The highest BCUT2D eigenvalue weighted by molar-refractivity contribution is 7.23. The molecular weight excluding hydrogens is 688 g/mol. The fourth-order valence-corrected chi connectivity index (χ4v) is 8.05. The second-order valence-corrected chi connectivity index (χ2v) is 15.2. The number of aliphatic imine (C=N–C) groups is 1. The van der Waals surface area contributed by atoms with Crippen molar-refractivity contribution in [3.05, 3.63) is 57.7 Å². The first kappa shape index (κ1) is 41.6. The van der Waals surface area contributed by atoms with Crippen molar-refractivity contribution in [2.24, 2.45) is 16.8 Å². The van der Waals surface area contributed by atoms with Gasteiger partial charge in [-0.05, 0) is 66.9 Å². The summed E-state index contributed by atoms with van der Waals surface area (Å²) < 4.78 is 21.3. The number of allylic oxidation sites excluding steroid dienone is 1. The Balaban J connectivity index is 0.000000980. The van der Waals surface area contributed by atoms with Crippen molar-refractivity contribution in [3.8, 4) is 22.9 Å². The van der Waals surface area contributed by atoms with Gasteiger partial charge in [0.1, 0.15) is 40.3 Å². The van der Waals surface area contributed by atoms with Crippen LogP contribution in [-0.2, 0) is 22.7 Å². The molecule has 4 N–H and O–H groups in total. The number of thiophene rings is 1. The number of halogens is 1. The molecule has 0 radical (unpaired) electrons. The molecule has 1 amide bonds. The SMILES string of the molecule is CC.CCC/C=C(/NC(=NC1CCCN(C)C1=O)c1c(C)c(O)c(-c2ccc(F)c3sc(N)c(C#N)c23)c2c1COC2)N1CC(C)C(C)C1.CCCC. The van der Waals surface area contributed by atoms with Gasteiger partial charge in [-0.1, -0.05) is 73.8 Å². The van der Waals surface area contributed by atoms with Crippen LogP contribution < -0.4 is 11.1 Å². The highest BCUT2D eigenvalue weighted by Crippen LogP contribution is 2.48. The van der Waals surface area contributed by atoms with Crippen LogP contribution in [0.1, 0.15) is 115 Å². The maximum atomic E-state index is 15.0. The van der Waals surface area contributed by atoms with E-state index in [1.54, 1.807) is 11.0 Å². The number of ether oxygens (including phenoxy) is 1. The van der Waals surface area contributed by atoms with Crippen LogP contribution in [-0.4, -0.2) is 59.4 Å². The molecule has 2 fully saturated rings. The molecule has 3 unspecified atom stereocenters. The molecule has 0 bridgehead atoms. The van der Waals surface area contributed by atoms with Gasteiger partial charge in [-0.3, -0.25) is 9.79 Å². The molecule has 3 aromatic rings. The number of nitriles is 1. The third kappa shape index (κ3) is 8.65. The summed E-state index contributed by atoms with van der Waals surface area (Å²) in [5, 5.41) is 26.3. The number of benzene rings is 2. The molecule has 53 heavy (non-hydrogen) atoms. The molecule has 0 aliphatic carbocycles. The first-order valence-electron chi connectivity index (χ1n) is 19.4. The molecule has 6 rings (SSSR count). The Hall–Kier alpha value is -4.14. The fraction of sp³-hybridized carbons (Fsp3) is 0.548. The number of likely N-dealkylation sites (N-methyl/N-ethyl adjacent to an activating group) is 1. The van der Waals surface area contributed by atoms with Crippen molar-refractivity contribution in [2.75, 3.05) is 32.4 Å². The number of anilines is 1. The number of carbonyl (C=O) groups excluding carboxylic acids is 1. The molecule has 288 valence electrons. The number of amides is 1. The number of fused-ring (bicyclic) bond motifs is 2. The summed E-state index contributed by atoms with van der Waals surface area (Å²) in [5.74, 6) is 2.01. The average Bonchev–Trinajstić information content (AvgIpc) is 3.87. The number of aromatic hydroxyl groups is 1. The van der Waals surface area contributed by atoms with Gasteiger partial charge in [0.25, 0.3) is 0 Å². The molecule has 4 heterocycles. The maximum absolute atomic E-state index is 15.0. The number of carbonyl (C=O) groups is 1. The van der Waals surface area contributed by atoms with E-state index in [1.165, 1.54) is 18.9 Å². The van der Waals surface area contributed by atoms with Gasteiger partial charge >= 0.3 is 0 Å². The first-order chi connectivity index (χ1) is 25.5. The number of nitrogens with zero attached hydrogens (tertiary/aromatic N) is 4. The number of hydrogen-bond donors (Lipinski definition) is 3. The van der Waals surface area contributed by atoms with E-state index in [9.17, 15) is 19.6 Å². The number of amidine groups is 1. The number of nitrogens with two attached hydrogens (primary N) is 1. The van der Waals surface area contributed by atoms with Gasteiger partial charge in [-0.15, -0.1) is 11.3 Å². The number of rotatable bonds is 8. The van der Waals surface area contributed by atoms with Crippen molar-refractivity contribution in [1.29, 1.82) is 5.26 Å². The van der Waals surface area contributed by atoms with Gasteiger partial charge < -0.3 is 30.7 Å². The van der Waals surface area contributed by atoms with E-state index in [2.05, 4.69) is 57.0 Å². The van der Waals surface area contributed by atoms with Gasteiger partial charge in [0.15, 0.2) is 0 Å². The Labute approximate surface area is 319 Å². The predicted octanol–water partition coefficient (Wildman–Crippen LogP) is 9.22. The second kappa shape index (κ2) is 18.8. The number of nitrogens with one attached hydrogen (secondary N) is 1. The molecule has 3 atom stereocenters. The molecule has 1 aromatic heterocycles. The van der Waals surface area contributed by atoms with E-state index < -0.39 is 11.9 Å². The van der Waals surface area contributed by atoms with Crippen LogP contribution in [0.25, 0.3) is 21.2 Å². The van der Waals surface area contributed by atoms with Crippen molar-refractivity contribution in [3.63, 3.8) is 0 Å². The third-order valence-corrected chi connectivity index (χ3v) is 11.5. The second-order valence-electron chi connectivity index (χ2n) is 14.2. The number of nitrogen functional groups attached to an aromatic ring is 1. The quantitative estimate of drug-likeness (QED) is 0.155. The van der Waals surface area contributed by atoms with Crippen molar-refractivity contribution < 1.29 is 19.0 Å². The van der Waals surface area contributed by atoms with Crippen LogP contribution in [0.5, 0.6) is 5.75 Å². The number of piperidine rings is 1. The molecule has 2 saturated heterocycles. The van der Waals surface area contributed by atoms with E-state index >= 15 is 0 Å². The lowest BCUT2D eigenvalue weighted by atomic mass is 9.86. The molecule has 0 spiro atoms. The van der Waals surface area contributed by atoms with Crippen molar-refractivity contribution in [1.82, 2.24) is 15.1 Å². The number of phenolic OH excluding ortho intramolecular Hbond substituents is 1. The van der Waals surface area contributed by atoms with Crippen LogP contribution in [0.15, 0.2) is 29.0 Å². The number of hydrogen-bond acceptors (Lipinski definition) is 8.